The van der Waals surface area contributed by atoms with E-state index in [0.717, 1.165) is 0 Å². The molecule has 90 valence electrons. The second-order valence-electron chi connectivity index (χ2n) is 3.64. The smallest absolute Gasteiger partial charge is 0.228 e. The van der Waals surface area contributed by atoms with Gasteiger partial charge in [-0.1, -0.05) is 5.16 Å². The third-order valence-corrected chi connectivity index (χ3v) is 2.04. The lowest BCUT2D eigenvalue weighted by Gasteiger charge is -1.98. The van der Waals surface area contributed by atoms with Crippen LogP contribution in [0.1, 0.15) is 12.8 Å². The van der Waals surface area contributed by atoms with Gasteiger partial charge in [-0.15, -0.1) is 0 Å². The van der Waals surface area contributed by atoms with Crippen LogP contribution in [0, 0.1) is 0 Å². The lowest BCUT2D eigenvalue weighted by atomic mass is 10.2. The minimum Gasteiger partial charge on any atom is -0.481 e. The summed E-state index contributed by atoms with van der Waals surface area (Å²) < 4.78 is 10.1. The molecular formula is C10H13N5O2. The van der Waals surface area contributed by atoms with Crippen LogP contribution in [-0.4, -0.2) is 33.3 Å². The predicted octanol–water partition coefficient (Wildman–Crippen LogP) is 0.425. The molecule has 0 bridgehead atoms. The van der Waals surface area contributed by atoms with Gasteiger partial charge in [0.2, 0.25) is 17.6 Å². The third kappa shape index (κ3) is 2.76. The summed E-state index contributed by atoms with van der Waals surface area (Å²) in [5, 5.41) is 3.83. The zero-order chi connectivity index (χ0) is 12.3. The van der Waals surface area contributed by atoms with E-state index in [1.807, 2.05) is 6.92 Å². The quantitative estimate of drug-likeness (QED) is 0.819. The molecule has 0 aromatic carbocycles. The van der Waals surface area contributed by atoms with Crippen molar-refractivity contribution in [1.29, 1.82) is 0 Å². The Labute approximate surface area is 98.0 Å². The van der Waals surface area contributed by atoms with Crippen molar-refractivity contribution < 1.29 is 9.26 Å². The molecule has 0 spiro atoms. The molecule has 0 aliphatic heterocycles. The zero-order valence-electron chi connectivity index (χ0n) is 9.62. The Morgan fingerprint density at radius 1 is 1.47 bits per heavy atom. The summed E-state index contributed by atoms with van der Waals surface area (Å²) in [6.07, 6.45) is 1.92. The molecule has 1 atom stereocenters. The minimum absolute atomic E-state index is 0.0248. The van der Waals surface area contributed by atoms with E-state index in [4.69, 9.17) is 15.0 Å². The molecule has 2 aromatic heterocycles. The first-order chi connectivity index (χ1) is 8.19. The summed E-state index contributed by atoms with van der Waals surface area (Å²) in [6.45, 7) is 1.87. The molecule has 17 heavy (non-hydrogen) atoms. The van der Waals surface area contributed by atoms with Crippen molar-refractivity contribution in [2.45, 2.75) is 19.4 Å². The Morgan fingerprint density at radius 3 is 3.00 bits per heavy atom. The minimum atomic E-state index is -0.0248. The van der Waals surface area contributed by atoms with Gasteiger partial charge in [-0.25, -0.2) is 9.97 Å². The summed E-state index contributed by atoms with van der Waals surface area (Å²) in [5.74, 6) is 1.35. The molecule has 0 radical (unpaired) electrons. The molecule has 7 nitrogen and oxygen atoms in total. The van der Waals surface area contributed by atoms with Crippen molar-refractivity contribution in [3.63, 3.8) is 0 Å². The predicted molar refractivity (Wildman–Crippen MR) is 59.2 cm³/mol. The van der Waals surface area contributed by atoms with Gasteiger partial charge in [0.25, 0.3) is 0 Å². The van der Waals surface area contributed by atoms with E-state index in [0.29, 0.717) is 29.7 Å². The highest BCUT2D eigenvalue weighted by Gasteiger charge is 2.12. The van der Waals surface area contributed by atoms with E-state index in [1.54, 1.807) is 6.07 Å². The lowest BCUT2D eigenvalue weighted by Crippen LogP contribution is -2.17. The maximum absolute atomic E-state index is 5.64. The number of nitrogens with two attached hydrogens (primary N) is 1. The number of ether oxygens (including phenoxy) is 1. The molecule has 0 saturated heterocycles. The van der Waals surface area contributed by atoms with Crippen LogP contribution < -0.4 is 10.5 Å². The van der Waals surface area contributed by atoms with E-state index < -0.39 is 0 Å². The number of methoxy groups -OCH3 is 1. The number of aromatic nitrogens is 4. The number of rotatable bonds is 4. The second kappa shape index (κ2) is 4.88. The van der Waals surface area contributed by atoms with Gasteiger partial charge < -0.3 is 15.0 Å². The Kier molecular flexibility index (Phi) is 3.29. The van der Waals surface area contributed by atoms with E-state index in [1.165, 1.54) is 13.4 Å². The highest BCUT2D eigenvalue weighted by atomic mass is 16.5. The van der Waals surface area contributed by atoms with Gasteiger partial charge in [0.1, 0.15) is 12.0 Å². The van der Waals surface area contributed by atoms with Crippen molar-refractivity contribution in [1.82, 2.24) is 20.1 Å². The Morgan fingerprint density at radius 2 is 2.29 bits per heavy atom. The monoisotopic (exact) mass is 235 g/mol. The standard InChI is InChI=1S/C10H13N5O2/c1-6(11)3-9-14-10(15-17-9)7-4-8(16-2)13-5-12-7/h4-6H,3,11H2,1-2H3. The van der Waals surface area contributed by atoms with Crippen molar-refractivity contribution in [3.8, 4) is 17.4 Å². The van der Waals surface area contributed by atoms with Gasteiger partial charge in [-0.3, -0.25) is 0 Å². The zero-order valence-corrected chi connectivity index (χ0v) is 9.62. The summed E-state index contributed by atoms with van der Waals surface area (Å²) in [5.41, 5.74) is 6.20. The normalized spacial score (nSPS) is 12.4. The first-order valence-corrected chi connectivity index (χ1v) is 5.13. The van der Waals surface area contributed by atoms with Gasteiger partial charge in [0.15, 0.2) is 0 Å². The largest absolute Gasteiger partial charge is 0.481 e. The summed E-state index contributed by atoms with van der Waals surface area (Å²) in [4.78, 5) is 12.1. The molecule has 0 aliphatic rings. The van der Waals surface area contributed by atoms with Crippen molar-refractivity contribution in [2.75, 3.05) is 7.11 Å². The summed E-state index contributed by atoms with van der Waals surface area (Å²) in [7, 11) is 1.53. The van der Waals surface area contributed by atoms with Crippen LogP contribution in [0.5, 0.6) is 5.88 Å². The molecule has 0 amide bonds. The van der Waals surface area contributed by atoms with Gasteiger partial charge in [0, 0.05) is 18.5 Å². The molecule has 2 heterocycles. The van der Waals surface area contributed by atoms with Crippen LogP contribution >= 0.6 is 0 Å². The van der Waals surface area contributed by atoms with Crippen molar-refractivity contribution in [2.24, 2.45) is 5.73 Å². The molecule has 2 aromatic rings. The molecule has 0 aliphatic carbocycles. The highest BCUT2D eigenvalue weighted by molar-refractivity contribution is 5.49. The topological polar surface area (TPSA) is 100.0 Å². The third-order valence-electron chi connectivity index (χ3n) is 2.04. The molecular weight excluding hydrogens is 222 g/mol. The van der Waals surface area contributed by atoms with E-state index in [9.17, 15) is 0 Å². The molecule has 2 rings (SSSR count). The molecule has 7 heteroatoms. The average molecular weight is 235 g/mol. The number of hydrogen-bond donors (Lipinski definition) is 1. The Balaban J connectivity index is 2.24. The fourth-order valence-electron chi connectivity index (χ4n) is 1.29. The van der Waals surface area contributed by atoms with Crippen LogP contribution in [-0.2, 0) is 6.42 Å². The van der Waals surface area contributed by atoms with Gasteiger partial charge >= 0.3 is 0 Å². The van der Waals surface area contributed by atoms with Gasteiger partial charge in [0.05, 0.1) is 7.11 Å². The van der Waals surface area contributed by atoms with Gasteiger partial charge in [-0.05, 0) is 6.92 Å². The Hall–Kier alpha value is -2.02. The average Bonchev–Trinajstić information content (AvgIpc) is 2.77. The number of nitrogens with zero attached hydrogens (tertiary/aromatic N) is 4. The number of hydrogen-bond acceptors (Lipinski definition) is 7. The first kappa shape index (κ1) is 11.5. The van der Waals surface area contributed by atoms with E-state index >= 15 is 0 Å². The molecule has 2 N–H and O–H groups in total. The van der Waals surface area contributed by atoms with Crippen molar-refractivity contribution >= 4 is 0 Å². The fraction of sp³-hybridized carbons (Fsp3) is 0.400. The molecule has 0 fully saturated rings. The molecule has 1 unspecified atom stereocenters. The van der Waals surface area contributed by atoms with Crippen molar-refractivity contribution in [3.05, 3.63) is 18.3 Å². The fourth-order valence-corrected chi connectivity index (χ4v) is 1.29. The van der Waals surface area contributed by atoms with Crippen LogP contribution in [0.15, 0.2) is 16.9 Å². The maximum atomic E-state index is 5.64. The van der Waals surface area contributed by atoms with Crippen LogP contribution in [0.3, 0.4) is 0 Å². The van der Waals surface area contributed by atoms with E-state index in [-0.39, 0.29) is 6.04 Å². The second-order valence-corrected chi connectivity index (χ2v) is 3.64. The Bertz CT molecular complexity index is 497. The SMILES string of the molecule is COc1cc(-c2noc(CC(C)N)n2)ncn1. The van der Waals surface area contributed by atoms with Crippen LogP contribution in [0.4, 0.5) is 0 Å². The summed E-state index contributed by atoms with van der Waals surface area (Å²) >= 11 is 0. The molecule has 0 saturated carbocycles. The highest BCUT2D eigenvalue weighted by Crippen LogP contribution is 2.16. The maximum Gasteiger partial charge on any atom is 0.228 e. The van der Waals surface area contributed by atoms with E-state index in [2.05, 4.69) is 20.1 Å². The lowest BCUT2D eigenvalue weighted by molar-refractivity contribution is 0.371. The summed E-state index contributed by atoms with van der Waals surface area (Å²) in [6, 6.07) is 1.61. The van der Waals surface area contributed by atoms with Gasteiger partial charge in [-0.2, -0.15) is 4.98 Å². The first-order valence-electron chi connectivity index (χ1n) is 5.13. The van der Waals surface area contributed by atoms with Crippen LogP contribution in [0.2, 0.25) is 0 Å². The van der Waals surface area contributed by atoms with Crippen LogP contribution in [0.25, 0.3) is 11.5 Å².